The molecule has 5 heteroatoms. The summed E-state index contributed by atoms with van der Waals surface area (Å²) in [6.07, 6.45) is 9.69. The monoisotopic (exact) mass is 374 g/mol. The predicted octanol–water partition coefficient (Wildman–Crippen LogP) is 4.51. The van der Waals surface area contributed by atoms with Gasteiger partial charge in [-0.1, -0.05) is 0 Å². The van der Waals surface area contributed by atoms with Crippen LogP contribution in [0.3, 0.4) is 0 Å². The molecule has 1 fully saturated rings. The van der Waals surface area contributed by atoms with Crippen molar-refractivity contribution in [3.05, 3.63) is 47.4 Å². The number of aromatic nitrogens is 3. The molecule has 1 aliphatic heterocycles. The molecular weight excluding hydrogens is 348 g/mol. The summed E-state index contributed by atoms with van der Waals surface area (Å²) in [6.45, 7) is 3.00. The van der Waals surface area contributed by atoms with Crippen LogP contribution in [0.2, 0.25) is 0 Å². The van der Waals surface area contributed by atoms with E-state index < -0.39 is 0 Å². The normalized spacial score (nSPS) is 16.5. The smallest absolute Gasteiger partial charge is 0.0948 e. The van der Waals surface area contributed by atoms with Crippen LogP contribution in [-0.4, -0.2) is 27.2 Å². The Balaban J connectivity index is 1.78. The fourth-order valence-electron chi connectivity index (χ4n) is 4.08. The molecule has 1 unspecified atom stereocenters. The molecule has 5 nitrogen and oxygen atoms in total. The summed E-state index contributed by atoms with van der Waals surface area (Å²) in [4.78, 5) is 9.20. The summed E-state index contributed by atoms with van der Waals surface area (Å²) in [7, 11) is 2.00. The van der Waals surface area contributed by atoms with Gasteiger partial charge in [0, 0.05) is 25.5 Å². The molecule has 4 rings (SSSR count). The van der Waals surface area contributed by atoms with Crippen molar-refractivity contribution >= 4 is 10.9 Å². The lowest BCUT2D eigenvalue weighted by Crippen LogP contribution is -2.07. The van der Waals surface area contributed by atoms with Crippen molar-refractivity contribution in [2.24, 2.45) is 7.05 Å². The molecule has 0 aliphatic carbocycles. The number of rotatable bonds is 6. The molecule has 0 spiro atoms. The molecular formula is C23H26N4O. The topological polar surface area (TPSA) is 63.7 Å². The highest BCUT2D eigenvalue weighted by Crippen LogP contribution is 2.29. The average molecular weight is 374 g/mol. The molecule has 1 aliphatic rings. The van der Waals surface area contributed by atoms with Crippen molar-refractivity contribution in [1.29, 1.82) is 5.26 Å². The molecule has 1 saturated heterocycles. The lowest BCUT2D eigenvalue weighted by atomic mass is 9.95. The predicted molar refractivity (Wildman–Crippen MR) is 110 cm³/mol. The van der Waals surface area contributed by atoms with Gasteiger partial charge in [0.1, 0.15) is 0 Å². The molecule has 1 aromatic carbocycles. The second kappa shape index (κ2) is 8.12. The maximum Gasteiger partial charge on any atom is 0.0948 e. The van der Waals surface area contributed by atoms with Crippen LogP contribution in [0.25, 0.3) is 22.3 Å². The van der Waals surface area contributed by atoms with Crippen LogP contribution in [0.1, 0.15) is 42.4 Å². The fraction of sp³-hybridized carbons (Fsp3) is 0.435. The van der Waals surface area contributed by atoms with Crippen molar-refractivity contribution < 1.29 is 4.74 Å². The van der Waals surface area contributed by atoms with Gasteiger partial charge in [0.2, 0.25) is 0 Å². The van der Waals surface area contributed by atoms with Gasteiger partial charge < -0.3 is 9.30 Å². The van der Waals surface area contributed by atoms with E-state index in [9.17, 15) is 0 Å². The van der Waals surface area contributed by atoms with Crippen molar-refractivity contribution in [1.82, 2.24) is 14.5 Å². The summed E-state index contributed by atoms with van der Waals surface area (Å²) >= 11 is 0. The fourth-order valence-corrected chi connectivity index (χ4v) is 4.08. The minimum absolute atomic E-state index is 0.367. The Morgan fingerprint density at radius 1 is 1.25 bits per heavy atom. The Labute approximate surface area is 166 Å². The first kappa shape index (κ1) is 18.6. The second-order valence-electron chi connectivity index (χ2n) is 7.68. The number of hydrogen-bond donors (Lipinski definition) is 0. The summed E-state index contributed by atoms with van der Waals surface area (Å²) in [5.41, 5.74) is 6.73. The van der Waals surface area contributed by atoms with E-state index in [1.165, 1.54) is 28.5 Å². The molecule has 3 heterocycles. The second-order valence-corrected chi connectivity index (χ2v) is 7.68. The quantitative estimate of drug-likeness (QED) is 0.637. The minimum Gasteiger partial charge on any atom is -0.378 e. The van der Waals surface area contributed by atoms with Crippen LogP contribution in [0, 0.1) is 18.3 Å². The molecule has 0 saturated carbocycles. The Kier molecular flexibility index (Phi) is 5.40. The van der Waals surface area contributed by atoms with Crippen LogP contribution < -0.4 is 0 Å². The van der Waals surface area contributed by atoms with Crippen LogP contribution in [0.4, 0.5) is 0 Å². The number of aryl methyl sites for hydroxylation is 4. The lowest BCUT2D eigenvalue weighted by molar-refractivity contribution is 0.104. The van der Waals surface area contributed by atoms with Gasteiger partial charge in [-0.15, -0.1) is 0 Å². The first-order valence-electron chi connectivity index (χ1n) is 10.0. The van der Waals surface area contributed by atoms with Gasteiger partial charge in [-0.2, -0.15) is 5.26 Å². The number of imidazole rings is 1. The van der Waals surface area contributed by atoms with Crippen molar-refractivity contribution in [3.8, 4) is 17.5 Å². The SMILES string of the molecule is Cc1cc2nc(-c3cncn3C)cc(CCC3CCCO3)c2cc1CCC#N. The largest absolute Gasteiger partial charge is 0.378 e. The Morgan fingerprint density at radius 3 is 2.86 bits per heavy atom. The zero-order chi connectivity index (χ0) is 19.5. The van der Waals surface area contributed by atoms with Crippen molar-refractivity contribution in [2.75, 3.05) is 6.61 Å². The number of ether oxygens (including phenoxy) is 1. The number of hydrogen-bond acceptors (Lipinski definition) is 4. The van der Waals surface area contributed by atoms with E-state index >= 15 is 0 Å². The van der Waals surface area contributed by atoms with E-state index in [0.717, 1.165) is 49.2 Å². The van der Waals surface area contributed by atoms with Crippen molar-refractivity contribution in [2.45, 2.75) is 51.6 Å². The molecule has 28 heavy (non-hydrogen) atoms. The van der Waals surface area contributed by atoms with Gasteiger partial charge in [0.15, 0.2) is 0 Å². The molecule has 0 amide bonds. The maximum atomic E-state index is 8.98. The molecule has 144 valence electrons. The van der Waals surface area contributed by atoms with Crippen molar-refractivity contribution in [3.63, 3.8) is 0 Å². The third-order valence-corrected chi connectivity index (χ3v) is 5.70. The van der Waals surface area contributed by atoms with E-state index in [1.807, 2.05) is 24.1 Å². The highest BCUT2D eigenvalue weighted by molar-refractivity contribution is 5.86. The average Bonchev–Trinajstić information content (AvgIpc) is 3.36. The van der Waals surface area contributed by atoms with E-state index in [2.05, 4.69) is 36.2 Å². The Bertz CT molecular complexity index is 1020. The minimum atomic E-state index is 0.367. The first-order chi connectivity index (χ1) is 13.7. The number of pyridine rings is 1. The number of nitriles is 1. The Hall–Kier alpha value is -2.71. The lowest BCUT2D eigenvalue weighted by Gasteiger charge is -2.15. The first-order valence-corrected chi connectivity index (χ1v) is 10.0. The zero-order valence-electron chi connectivity index (χ0n) is 16.6. The van der Waals surface area contributed by atoms with Crippen LogP contribution in [0.5, 0.6) is 0 Å². The molecule has 1 atom stereocenters. The maximum absolute atomic E-state index is 8.98. The van der Waals surface area contributed by atoms with Crippen LogP contribution in [-0.2, 0) is 24.6 Å². The zero-order valence-corrected chi connectivity index (χ0v) is 16.6. The number of benzene rings is 1. The van der Waals surface area contributed by atoms with E-state index in [0.29, 0.717) is 12.5 Å². The summed E-state index contributed by atoms with van der Waals surface area (Å²) in [6, 6.07) is 8.87. The third-order valence-electron chi connectivity index (χ3n) is 5.70. The molecule has 0 radical (unpaired) electrons. The van der Waals surface area contributed by atoms with Gasteiger partial charge in [-0.3, -0.25) is 0 Å². The molecule has 0 N–H and O–H groups in total. The third kappa shape index (κ3) is 3.79. The number of fused-ring (bicyclic) bond motifs is 1. The molecule has 3 aromatic rings. The van der Waals surface area contributed by atoms with E-state index in [1.54, 1.807) is 0 Å². The highest BCUT2D eigenvalue weighted by atomic mass is 16.5. The number of nitrogens with zero attached hydrogens (tertiary/aromatic N) is 4. The standard InChI is InChI=1S/C23H26N4O/c1-16-11-21-20(12-17(16)5-3-9-24)18(7-8-19-6-4-10-28-19)13-22(26-21)23-14-25-15-27(23)2/h11-15,19H,3-8,10H2,1-2H3. The molecule has 2 aromatic heterocycles. The Morgan fingerprint density at radius 2 is 2.14 bits per heavy atom. The summed E-state index contributed by atoms with van der Waals surface area (Å²) in [5.74, 6) is 0. The van der Waals surface area contributed by atoms with Gasteiger partial charge >= 0.3 is 0 Å². The molecule has 0 bridgehead atoms. The van der Waals surface area contributed by atoms with E-state index in [-0.39, 0.29) is 0 Å². The van der Waals surface area contributed by atoms with Gasteiger partial charge in [0.05, 0.1) is 41.6 Å². The van der Waals surface area contributed by atoms with Gasteiger partial charge in [-0.25, -0.2) is 9.97 Å². The van der Waals surface area contributed by atoms with Crippen LogP contribution >= 0.6 is 0 Å². The van der Waals surface area contributed by atoms with Gasteiger partial charge in [0.25, 0.3) is 0 Å². The van der Waals surface area contributed by atoms with E-state index in [4.69, 9.17) is 15.0 Å². The van der Waals surface area contributed by atoms with Gasteiger partial charge in [-0.05, 0) is 73.9 Å². The summed E-state index contributed by atoms with van der Waals surface area (Å²) in [5, 5.41) is 10.2. The summed E-state index contributed by atoms with van der Waals surface area (Å²) < 4.78 is 7.84. The van der Waals surface area contributed by atoms with Crippen LogP contribution in [0.15, 0.2) is 30.7 Å². The highest BCUT2D eigenvalue weighted by Gasteiger charge is 2.17.